The minimum Gasteiger partial charge on any atom is -0.351 e. The average molecular weight is 290 g/mol. The van der Waals surface area contributed by atoms with Gasteiger partial charge in [-0.15, -0.1) is 5.10 Å². The first kappa shape index (κ1) is 14.6. The molecular formula is C14H18N4OS. The van der Waals surface area contributed by atoms with Crippen molar-refractivity contribution in [1.29, 1.82) is 0 Å². The Balaban J connectivity index is 1.83. The van der Waals surface area contributed by atoms with Crippen LogP contribution >= 0.6 is 11.8 Å². The van der Waals surface area contributed by atoms with Gasteiger partial charge in [0.1, 0.15) is 5.82 Å². The number of hydrogen-bond donors (Lipinski definition) is 2. The Labute approximate surface area is 122 Å². The molecule has 0 saturated heterocycles. The SMILES string of the molecule is Cc1ccc(CNC(=O)C(C)Sc2n[nH]c(C)n2)cc1. The number of carbonyl (C=O) groups excluding carboxylic acids is 1. The van der Waals surface area contributed by atoms with Gasteiger partial charge in [-0.25, -0.2) is 4.98 Å². The molecule has 5 nitrogen and oxygen atoms in total. The maximum absolute atomic E-state index is 12.0. The predicted octanol–water partition coefficient (Wildman–Crippen LogP) is 2.22. The van der Waals surface area contributed by atoms with E-state index in [1.165, 1.54) is 17.3 Å². The zero-order valence-corrected chi connectivity index (χ0v) is 12.6. The molecule has 0 aliphatic carbocycles. The predicted molar refractivity (Wildman–Crippen MR) is 79.5 cm³/mol. The second-order valence-corrected chi connectivity index (χ2v) is 5.97. The van der Waals surface area contributed by atoms with Crippen LogP contribution in [-0.2, 0) is 11.3 Å². The molecule has 0 aliphatic rings. The summed E-state index contributed by atoms with van der Waals surface area (Å²) >= 11 is 1.34. The first-order chi connectivity index (χ1) is 9.54. The Hall–Kier alpha value is -1.82. The lowest BCUT2D eigenvalue weighted by molar-refractivity contribution is -0.120. The van der Waals surface area contributed by atoms with E-state index in [9.17, 15) is 4.79 Å². The lowest BCUT2D eigenvalue weighted by Gasteiger charge is -2.10. The fourth-order valence-electron chi connectivity index (χ4n) is 1.63. The number of carbonyl (C=O) groups is 1. The molecule has 0 saturated carbocycles. The molecule has 106 valence electrons. The largest absolute Gasteiger partial charge is 0.351 e. The smallest absolute Gasteiger partial charge is 0.233 e. The van der Waals surface area contributed by atoms with Crippen molar-refractivity contribution in [3.8, 4) is 0 Å². The molecule has 1 aromatic heterocycles. The van der Waals surface area contributed by atoms with Crippen LogP contribution < -0.4 is 5.32 Å². The van der Waals surface area contributed by atoms with Crippen molar-refractivity contribution in [2.24, 2.45) is 0 Å². The average Bonchev–Trinajstić information content (AvgIpc) is 2.83. The van der Waals surface area contributed by atoms with E-state index in [4.69, 9.17) is 0 Å². The van der Waals surface area contributed by atoms with E-state index in [0.717, 1.165) is 11.4 Å². The zero-order chi connectivity index (χ0) is 14.5. The third kappa shape index (κ3) is 4.09. The number of aromatic amines is 1. The monoisotopic (exact) mass is 290 g/mol. The van der Waals surface area contributed by atoms with Crippen molar-refractivity contribution < 1.29 is 4.79 Å². The first-order valence-electron chi connectivity index (χ1n) is 6.43. The summed E-state index contributed by atoms with van der Waals surface area (Å²) in [7, 11) is 0. The van der Waals surface area contributed by atoms with Gasteiger partial charge < -0.3 is 5.32 Å². The molecule has 1 aromatic carbocycles. The number of thioether (sulfide) groups is 1. The third-order valence-electron chi connectivity index (χ3n) is 2.82. The maximum atomic E-state index is 12.0. The van der Waals surface area contributed by atoms with Gasteiger partial charge >= 0.3 is 0 Å². The molecule has 2 aromatic rings. The van der Waals surface area contributed by atoms with Crippen LogP contribution in [0.3, 0.4) is 0 Å². The molecule has 20 heavy (non-hydrogen) atoms. The summed E-state index contributed by atoms with van der Waals surface area (Å²) in [5.41, 5.74) is 2.30. The Bertz CT molecular complexity index is 579. The lowest BCUT2D eigenvalue weighted by Crippen LogP contribution is -2.30. The standard InChI is InChI=1S/C14H18N4OS/c1-9-4-6-12(7-5-9)8-15-13(19)10(2)20-14-16-11(3)17-18-14/h4-7,10H,8H2,1-3H3,(H,15,19)(H,16,17,18). The quantitative estimate of drug-likeness (QED) is 0.828. The van der Waals surface area contributed by atoms with E-state index in [-0.39, 0.29) is 11.2 Å². The molecule has 0 aliphatic heterocycles. The first-order valence-corrected chi connectivity index (χ1v) is 7.31. The van der Waals surface area contributed by atoms with Crippen LogP contribution in [0.15, 0.2) is 29.4 Å². The summed E-state index contributed by atoms with van der Waals surface area (Å²) in [6.45, 7) is 6.26. The second kappa shape index (κ2) is 6.56. The summed E-state index contributed by atoms with van der Waals surface area (Å²) in [4.78, 5) is 16.2. The van der Waals surface area contributed by atoms with Gasteiger partial charge in [-0.3, -0.25) is 9.89 Å². The van der Waals surface area contributed by atoms with Crippen LogP contribution in [-0.4, -0.2) is 26.3 Å². The van der Waals surface area contributed by atoms with E-state index >= 15 is 0 Å². The van der Waals surface area contributed by atoms with Gasteiger partial charge in [-0.2, -0.15) is 0 Å². The summed E-state index contributed by atoms with van der Waals surface area (Å²) in [6.07, 6.45) is 0. The van der Waals surface area contributed by atoms with Crippen LogP contribution in [0.25, 0.3) is 0 Å². The lowest BCUT2D eigenvalue weighted by atomic mass is 10.1. The molecule has 1 atom stereocenters. The summed E-state index contributed by atoms with van der Waals surface area (Å²) in [6, 6.07) is 8.12. The van der Waals surface area contributed by atoms with Gasteiger partial charge in [0.15, 0.2) is 0 Å². The van der Waals surface area contributed by atoms with E-state index in [1.807, 2.05) is 45.0 Å². The van der Waals surface area contributed by atoms with Crippen molar-refractivity contribution >= 4 is 17.7 Å². The van der Waals surface area contributed by atoms with Crippen LogP contribution in [0, 0.1) is 13.8 Å². The van der Waals surface area contributed by atoms with Gasteiger partial charge in [0, 0.05) is 6.54 Å². The summed E-state index contributed by atoms with van der Waals surface area (Å²) in [5.74, 6) is 0.734. The molecule has 1 unspecified atom stereocenters. The second-order valence-electron chi connectivity index (χ2n) is 4.67. The molecule has 0 spiro atoms. The van der Waals surface area contributed by atoms with E-state index < -0.39 is 0 Å². The number of nitrogens with one attached hydrogen (secondary N) is 2. The highest BCUT2D eigenvalue weighted by atomic mass is 32.2. The highest BCUT2D eigenvalue weighted by Gasteiger charge is 2.16. The van der Waals surface area contributed by atoms with Crippen molar-refractivity contribution in [1.82, 2.24) is 20.5 Å². The highest BCUT2D eigenvalue weighted by Crippen LogP contribution is 2.18. The molecule has 2 N–H and O–H groups in total. The van der Waals surface area contributed by atoms with Crippen LogP contribution in [0.5, 0.6) is 0 Å². The number of benzene rings is 1. The summed E-state index contributed by atoms with van der Waals surface area (Å²) in [5, 5.41) is 10.1. The van der Waals surface area contributed by atoms with Crippen molar-refractivity contribution in [2.75, 3.05) is 0 Å². The normalized spacial score (nSPS) is 12.2. The van der Waals surface area contributed by atoms with Gasteiger partial charge in [0.05, 0.1) is 5.25 Å². The topological polar surface area (TPSA) is 70.7 Å². The van der Waals surface area contributed by atoms with Crippen molar-refractivity contribution in [3.05, 3.63) is 41.2 Å². The van der Waals surface area contributed by atoms with Gasteiger partial charge in [0.2, 0.25) is 11.1 Å². The third-order valence-corrected chi connectivity index (χ3v) is 3.78. The number of H-pyrrole nitrogens is 1. The highest BCUT2D eigenvalue weighted by molar-refractivity contribution is 8.00. The van der Waals surface area contributed by atoms with E-state index in [1.54, 1.807) is 0 Å². The molecular weight excluding hydrogens is 272 g/mol. The summed E-state index contributed by atoms with van der Waals surface area (Å²) < 4.78 is 0. The molecule has 6 heteroatoms. The van der Waals surface area contributed by atoms with Crippen molar-refractivity contribution in [3.63, 3.8) is 0 Å². The molecule has 0 bridgehead atoms. The van der Waals surface area contributed by atoms with E-state index in [2.05, 4.69) is 20.5 Å². The Kier molecular flexibility index (Phi) is 4.79. The van der Waals surface area contributed by atoms with Crippen LogP contribution in [0.4, 0.5) is 0 Å². The number of nitrogens with zero attached hydrogens (tertiary/aromatic N) is 2. The number of aromatic nitrogens is 3. The zero-order valence-electron chi connectivity index (χ0n) is 11.8. The minimum atomic E-state index is -0.226. The molecule has 0 radical (unpaired) electrons. The fraction of sp³-hybridized carbons (Fsp3) is 0.357. The molecule has 1 heterocycles. The number of amides is 1. The van der Waals surface area contributed by atoms with Crippen molar-refractivity contribution in [2.45, 2.75) is 37.7 Å². The Morgan fingerprint density at radius 1 is 1.35 bits per heavy atom. The number of rotatable bonds is 5. The van der Waals surface area contributed by atoms with E-state index in [0.29, 0.717) is 11.7 Å². The minimum absolute atomic E-state index is 0.0157. The van der Waals surface area contributed by atoms with Crippen LogP contribution in [0.2, 0.25) is 0 Å². The Morgan fingerprint density at radius 2 is 2.05 bits per heavy atom. The fourth-order valence-corrected chi connectivity index (χ4v) is 2.42. The van der Waals surface area contributed by atoms with Crippen LogP contribution in [0.1, 0.15) is 23.9 Å². The number of aryl methyl sites for hydroxylation is 2. The molecule has 0 fully saturated rings. The van der Waals surface area contributed by atoms with Gasteiger partial charge in [0.25, 0.3) is 0 Å². The molecule has 2 rings (SSSR count). The maximum Gasteiger partial charge on any atom is 0.233 e. The Morgan fingerprint density at radius 3 is 2.65 bits per heavy atom. The van der Waals surface area contributed by atoms with Gasteiger partial charge in [-0.05, 0) is 26.3 Å². The van der Waals surface area contributed by atoms with Gasteiger partial charge in [-0.1, -0.05) is 41.6 Å². The number of hydrogen-bond acceptors (Lipinski definition) is 4. The molecule has 1 amide bonds.